The molecule has 0 fully saturated rings. The van der Waals surface area contributed by atoms with E-state index in [1.807, 2.05) is 0 Å². The van der Waals surface area contributed by atoms with Crippen LogP contribution < -0.4 is 9.47 Å². The Kier molecular flexibility index (Phi) is 5.49. The Morgan fingerprint density at radius 1 is 0.674 bits per heavy atom. The molecule has 0 saturated heterocycles. The zero-order valence-electron chi connectivity index (χ0n) is 22.2. The summed E-state index contributed by atoms with van der Waals surface area (Å²) in [6, 6.07) is 9.89. The Bertz CT molecular complexity index is 2170. The van der Waals surface area contributed by atoms with Crippen LogP contribution in [0.3, 0.4) is 0 Å². The van der Waals surface area contributed by atoms with E-state index in [4.69, 9.17) is 9.47 Å². The normalized spacial score (nSPS) is 13.0. The Balaban J connectivity index is 0.000000140. The van der Waals surface area contributed by atoms with Gasteiger partial charge in [-0.2, -0.15) is 32.4 Å². The molecule has 0 atom stereocenters. The number of halogens is 3. The van der Waals surface area contributed by atoms with Crippen molar-refractivity contribution in [3.63, 3.8) is 0 Å². The van der Waals surface area contributed by atoms with Crippen molar-refractivity contribution in [1.82, 2.24) is 49.6 Å². The van der Waals surface area contributed by atoms with Crippen molar-refractivity contribution >= 4 is 23.1 Å². The number of hydrogen-bond donors (Lipinski definition) is 0. The molecule has 0 amide bonds. The second-order valence-corrected chi connectivity index (χ2v) is 9.27. The minimum absolute atomic E-state index is 0.00942. The molecule has 4 aromatic heterocycles. The van der Waals surface area contributed by atoms with Gasteiger partial charge in [-0.15, -0.1) is 20.4 Å². The third-order valence-corrected chi connectivity index (χ3v) is 6.81. The third-order valence-electron chi connectivity index (χ3n) is 6.81. The van der Waals surface area contributed by atoms with Gasteiger partial charge in [0.2, 0.25) is 11.6 Å². The van der Waals surface area contributed by atoms with E-state index in [2.05, 4.69) is 40.6 Å². The van der Waals surface area contributed by atoms with Crippen LogP contribution in [0.5, 0.6) is 11.5 Å². The first-order valence-electron chi connectivity index (χ1n) is 12.4. The number of benzene rings is 2. The molecule has 17 heteroatoms. The van der Waals surface area contributed by atoms with Crippen molar-refractivity contribution in [2.45, 2.75) is 13.1 Å². The molecule has 0 unspecified atom stereocenters. The van der Waals surface area contributed by atoms with Gasteiger partial charge in [0.25, 0.3) is 17.4 Å². The smallest absolute Gasteiger partial charge is 0.453 e. The van der Waals surface area contributed by atoms with E-state index in [1.165, 1.54) is 11.6 Å². The summed E-state index contributed by atoms with van der Waals surface area (Å²) >= 11 is 0. The lowest BCUT2D eigenvalue weighted by Crippen LogP contribution is -2.14. The molecule has 0 saturated carbocycles. The molecule has 2 aliphatic rings. The van der Waals surface area contributed by atoms with Crippen LogP contribution in [0.15, 0.2) is 36.4 Å². The average molecular weight is 588 g/mol. The first kappa shape index (κ1) is 26.1. The summed E-state index contributed by atoms with van der Waals surface area (Å²) in [6.45, 7) is 1.75. The van der Waals surface area contributed by atoms with Gasteiger partial charge in [0.15, 0.2) is 23.0 Å². The van der Waals surface area contributed by atoms with Crippen molar-refractivity contribution in [2.75, 3.05) is 14.2 Å². The van der Waals surface area contributed by atoms with Crippen molar-refractivity contribution in [2.24, 2.45) is 0 Å². The van der Waals surface area contributed by atoms with Crippen LogP contribution in [0.4, 0.5) is 13.2 Å². The molecule has 14 nitrogen and oxygen atoms in total. The summed E-state index contributed by atoms with van der Waals surface area (Å²) in [5.41, 5.74) is 2.83. The lowest BCUT2D eigenvalue weighted by Gasteiger charge is -2.09. The van der Waals surface area contributed by atoms with Crippen LogP contribution in [0.25, 0.3) is 34.1 Å². The molecule has 4 heterocycles. The number of ketones is 2. The molecule has 2 aliphatic carbocycles. The lowest BCUT2D eigenvalue weighted by molar-refractivity contribution is -0.146. The minimum Gasteiger partial charge on any atom is -0.493 e. The van der Waals surface area contributed by atoms with Gasteiger partial charge in [-0.05, 0) is 19.1 Å². The monoisotopic (exact) mass is 588 g/mol. The molecular formula is C26H15F3N10O4. The van der Waals surface area contributed by atoms with Crippen LogP contribution in [0.2, 0.25) is 0 Å². The fourth-order valence-corrected chi connectivity index (χ4v) is 4.83. The van der Waals surface area contributed by atoms with Gasteiger partial charge >= 0.3 is 6.18 Å². The van der Waals surface area contributed by atoms with E-state index < -0.39 is 12.0 Å². The third kappa shape index (κ3) is 3.81. The van der Waals surface area contributed by atoms with Gasteiger partial charge in [0.05, 0.1) is 14.2 Å². The zero-order chi connectivity index (χ0) is 30.2. The number of fused-ring (bicyclic) bond motifs is 8. The lowest BCUT2D eigenvalue weighted by atomic mass is 10.1. The number of hydrogen-bond acceptors (Lipinski definition) is 12. The van der Waals surface area contributed by atoms with E-state index in [9.17, 15) is 22.8 Å². The van der Waals surface area contributed by atoms with Crippen molar-refractivity contribution < 1.29 is 32.2 Å². The maximum absolute atomic E-state index is 12.8. The van der Waals surface area contributed by atoms with Gasteiger partial charge in [-0.3, -0.25) is 9.59 Å². The molecule has 2 aromatic carbocycles. The Morgan fingerprint density at radius 2 is 1.26 bits per heavy atom. The maximum atomic E-state index is 12.8. The second-order valence-electron chi connectivity index (χ2n) is 9.27. The molecule has 214 valence electrons. The molecule has 8 rings (SSSR count). The fraction of sp³-hybridized carbons (Fsp3) is 0.154. The van der Waals surface area contributed by atoms with E-state index >= 15 is 0 Å². The molecule has 0 spiro atoms. The van der Waals surface area contributed by atoms with Crippen molar-refractivity contribution in [3.8, 4) is 34.0 Å². The van der Waals surface area contributed by atoms with Crippen molar-refractivity contribution in [3.05, 3.63) is 70.6 Å². The SMILES string of the molecule is COc1cc2c(cc1OC)-c1nc3nnc(C)n3nc1C2=O.O=C1c2ccccc2-c2nn3c(C(F)(F)F)nnc3nc21. The second kappa shape index (κ2) is 9.07. The molecule has 0 radical (unpaired) electrons. The number of alkyl halides is 3. The average Bonchev–Trinajstić information content (AvgIpc) is 3.74. The molecular weight excluding hydrogens is 573 g/mol. The van der Waals surface area contributed by atoms with Gasteiger partial charge in [-0.25, -0.2) is 9.97 Å². The Labute approximate surface area is 237 Å². The highest BCUT2D eigenvalue weighted by atomic mass is 19.4. The standard InChI is InChI=1S/C14H11N5O3.C12H4F3N5O/c1-6-16-17-14-15-11-7-4-9(21-2)10(22-3)5-8(7)13(20)12(11)18-19(6)14;13-12(14,15)10-17-18-11-16-8-7(19-20(10)11)5-3-1-2-4-6(5)9(8)21/h4-5H,1-3H3;1-4H. The maximum Gasteiger partial charge on any atom is 0.453 e. The highest BCUT2D eigenvalue weighted by Gasteiger charge is 2.40. The fourth-order valence-electron chi connectivity index (χ4n) is 4.83. The number of carbonyl (C=O) groups is 2. The zero-order valence-corrected chi connectivity index (χ0v) is 22.2. The molecule has 0 N–H and O–H groups in total. The number of aromatic nitrogens is 10. The first-order valence-corrected chi connectivity index (χ1v) is 12.4. The van der Waals surface area contributed by atoms with Crippen LogP contribution in [-0.4, -0.2) is 75.4 Å². The van der Waals surface area contributed by atoms with Gasteiger partial charge in [0.1, 0.15) is 17.1 Å². The summed E-state index contributed by atoms with van der Waals surface area (Å²) in [5, 5.41) is 22.4. The molecule has 43 heavy (non-hydrogen) atoms. The van der Waals surface area contributed by atoms with E-state index in [1.54, 1.807) is 50.4 Å². The largest absolute Gasteiger partial charge is 0.493 e. The summed E-state index contributed by atoms with van der Waals surface area (Å²) in [6.07, 6.45) is -4.70. The molecule has 0 aliphatic heterocycles. The summed E-state index contributed by atoms with van der Waals surface area (Å²) in [7, 11) is 3.06. The topological polar surface area (TPSA) is 165 Å². The number of rotatable bonds is 2. The Morgan fingerprint density at radius 3 is 1.95 bits per heavy atom. The minimum atomic E-state index is -4.70. The number of carbonyl (C=O) groups excluding carboxylic acids is 2. The van der Waals surface area contributed by atoms with Crippen LogP contribution in [0.1, 0.15) is 43.8 Å². The number of nitrogens with zero attached hydrogens (tertiary/aromatic N) is 10. The first-order chi connectivity index (χ1) is 20.6. The number of aryl methyl sites for hydroxylation is 1. The molecule has 0 bridgehead atoms. The summed E-state index contributed by atoms with van der Waals surface area (Å²) in [5.74, 6) is -0.269. The predicted molar refractivity (Wildman–Crippen MR) is 138 cm³/mol. The quantitative estimate of drug-likeness (QED) is 0.290. The summed E-state index contributed by atoms with van der Waals surface area (Å²) < 4.78 is 50.9. The van der Waals surface area contributed by atoms with E-state index in [-0.39, 0.29) is 34.4 Å². The van der Waals surface area contributed by atoms with E-state index in [0.717, 1.165) is 0 Å². The van der Waals surface area contributed by atoms with Crippen LogP contribution >= 0.6 is 0 Å². The number of methoxy groups -OCH3 is 2. The summed E-state index contributed by atoms with van der Waals surface area (Å²) in [4.78, 5) is 33.0. The highest BCUT2D eigenvalue weighted by molar-refractivity contribution is 6.20. The number of ether oxygens (including phenoxy) is 2. The van der Waals surface area contributed by atoms with Gasteiger partial charge in [0, 0.05) is 22.3 Å². The van der Waals surface area contributed by atoms with Crippen LogP contribution in [-0.2, 0) is 6.18 Å². The predicted octanol–water partition coefficient (Wildman–Crippen LogP) is 2.81. The highest BCUT2D eigenvalue weighted by Crippen LogP contribution is 2.41. The van der Waals surface area contributed by atoms with E-state index in [0.29, 0.717) is 55.6 Å². The van der Waals surface area contributed by atoms with Crippen molar-refractivity contribution in [1.29, 1.82) is 0 Å². The van der Waals surface area contributed by atoms with Gasteiger partial charge in [-0.1, -0.05) is 24.3 Å². The molecule has 6 aromatic rings. The van der Waals surface area contributed by atoms with Gasteiger partial charge < -0.3 is 9.47 Å². The van der Waals surface area contributed by atoms with Crippen LogP contribution in [0, 0.1) is 6.92 Å². The Hall–Kier alpha value is -5.87.